The summed E-state index contributed by atoms with van der Waals surface area (Å²) in [4.78, 5) is 28.2. The lowest BCUT2D eigenvalue weighted by Crippen LogP contribution is -2.40. The van der Waals surface area contributed by atoms with E-state index in [9.17, 15) is 9.59 Å². The van der Waals surface area contributed by atoms with Crippen molar-refractivity contribution in [3.8, 4) is 0 Å². The predicted molar refractivity (Wildman–Crippen MR) is 98.3 cm³/mol. The minimum atomic E-state index is -0.247. The van der Waals surface area contributed by atoms with E-state index in [1.54, 1.807) is 12.1 Å². The van der Waals surface area contributed by atoms with Gasteiger partial charge in [0.05, 0.1) is 10.6 Å². The summed E-state index contributed by atoms with van der Waals surface area (Å²) in [5.74, 6) is -0.317. The van der Waals surface area contributed by atoms with E-state index in [1.165, 1.54) is 37.1 Å². The Bertz CT molecular complexity index is 684. The van der Waals surface area contributed by atoms with Crippen LogP contribution in [0.5, 0.6) is 0 Å². The van der Waals surface area contributed by atoms with Crippen LogP contribution in [0.3, 0.4) is 0 Å². The van der Waals surface area contributed by atoms with Crippen molar-refractivity contribution in [2.75, 3.05) is 11.9 Å². The van der Waals surface area contributed by atoms with Gasteiger partial charge in [0.2, 0.25) is 5.91 Å². The maximum Gasteiger partial charge on any atom is 0.262 e. The molecule has 3 rings (SSSR count). The van der Waals surface area contributed by atoms with Gasteiger partial charge in [-0.2, -0.15) is 0 Å². The molecule has 0 bridgehead atoms. The van der Waals surface area contributed by atoms with Crippen LogP contribution in [0.25, 0.3) is 0 Å². The van der Waals surface area contributed by atoms with Crippen LogP contribution in [-0.4, -0.2) is 29.3 Å². The van der Waals surface area contributed by atoms with Crippen molar-refractivity contribution in [1.82, 2.24) is 4.90 Å². The molecule has 0 spiro atoms. The molecule has 128 valence electrons. The molecule has 6 heteroatoms. The number of amides is 2. The Kier molecular flexibility index (Phi) is 5.51. The number of anilines is 1. The zero-order valence-electron chi connectivity index (χ0n) is 13.7. The number of carbonyl (C=O) groups excluding carboxylic acids is 2. The number of fused-ring (bicyclic) bond motifs is 1. The van der Waals surface area contributed by atoms with E-state index in [0.717, 1.165) is 17.7 Å². The summed E-state index contributed by atoms with van der Waals surface area (Å²) in [6, 6.07) is 5.67. The first-order valence-electron chi connectivity index (χ1n) is 8.39. The van der Waals surface area contributed by atoms with Crippen LogP contribution in [0.15, 0.2) is 34.1 Å². The van der Waals surface area contributed by atoms with E-state index in [4.69, 9.17) is 11.6 Å². The summed E-state index contributed by atoms with van der Waals surface area (Å²) in [5.41, 5.74) is 0.696. The van der Waals surface area contributed by atoms with E-state index in [-0.39, 0.29) is 11.8 Å². The summed E-state index contributed by atoms with van der Waals surface area (Å²) >= 11 is 7.28. The highest BCUT2D eigenvalue weighted by molar-refractivity contribution is 8.04. The van der Waals surface area contributed by atoms with E-state index in [2.05, 4.69) is 5.32 Å². The second-order valence-electron chi connectivity index (χ2n) is 6.12. The van der Waals surface area contributed by atoms with Gasteiger partial charge in [0.25, 0.3) is 5.91 Å². The molecule has 1 aliphatic heterocycles. The van der Waals surface area contributed by atoms with Gasteiger partial charge >= 0.3 is 0 Å². The Morgan fingerprint density at radius 1 is 1.38 bits per heavy atom. The number of hydrogen-bond donors (Lipinski definition) is 1. The number of likely N-dealkylation sites (N-methyl/N-ethyl adjacent to an activating group) is 1. The monoisotopic (exact) mass is 364 g/mol. The fraction of sp³-hybridized carbons (Fsp3) is 0.444. The second kappa shape index (κ2) is 7.62. The average Bonchev–Trinajstić information content (AvgIpc) is 2.57. The molecular formula is C18H21ClN2O2S. The minimum absolute atomic E-state index is 0.0699. The molecule has 2 amide bonds. The van der Waals surface area contributed by atoms with Gasteiger partial charge in [-0.25, -0.2) is 0 Å². The van der Waals surface area contributed by atoms with E-state index >= 15 is 0 Å². The zero-order chi connectivity index (χ0) is 17.1. The number of benzene rings is 1. The van der Waals surface area contributed by atoms with Gasteiger partial charge in [-0.3, -0.25) is 9.59 Å². The summed E-state index contributed by atoms with van der Waals surface area (Å²) in [5, 5.41) is 3.39. The largest absolute Gasteiger partial charge is 0.336 e. The van der Waals surface area contributed by atoms with Crippen LogP contribution in [0, 0.1) is 0 Å². The molecule has 1 aromatic carbocycles. The maximum absolute atomic E-state index is 12.7. The maximum atomic E-state index is 12.7. The molecule has 24 heavy (non-hydrogen) atoms. The van der Waals surface area contributed by atoms with E-state index in [1.807, 2.05) is 17.9 Å². The second-order valence-corrected chi connectivity index (χ2v) is 7.64. The number of nitrogens with zero attached hydrogens (tertiary/aromatic N) is 1. The number of rotatable bonds is 3. The Morgan fingerprint density at radius 2 is 2.12 bits per heavy atom. The van der Waals surface area contributed by atoms with Gasteiger partial charge in [-0.05, 0) is 38.0 Å². The number of thioether (sulfide) groups is 1. The first-order valence-corrected chi connectivity index (χ1v) is 9.59. The smallest absolute Gasteiger partial charge is 0.262 e. The van der Waals surface area contributed by atoms with Crippen molar-refractivity contribution >= 4 is 40.9 Å². The predicted octanol–water partition coefficient (Wildman–Crippen LogP) is 4.45. The summed E-state index contributed by atoms with van der Waals surface area (Å²) in [6.07, 6.45) is 7.20. The Labute approximate surface area is 151 Å². The van der Waals surface area contributed by atoms with E-state index < -0.39 is 0 Å². The van der Waals surface area contributed by atoms with Crippen LogP contribution in [0.4, 0.5) is 5.69 Å². The molecule has 0 saturated heterocycles. The van der Waals surface area contributed by atoms with Crippen molar-refractivity contribution in [1.29, 1.82) is 0 Å². The van der Waals surface area contributed by atoms with Gasteiger partial charge in [-0.15, -0.1) is 0 Å². The fourth-order valence-electron chi connectivity index (χ4n) is 3.31. The highest BCUT2D eigenvalue weighted by atomic mass is 35.5. The molecule has 0 aromatic heterocycles. The summed E-state index contributed by atoms with van der Waals surface area (Å²) in [7, 11) is 0. The molecule has 1 heterocycles. The normalized spacial score (nSPS) is 19.8. The van der Waals surface area contributed by atoms with Gasteiger partial charge < -0.3 is 10.2 Å². The number of carbonyl (C=O) groups is 2. The topological polar surface area (TPSA) is 49.4 Å². The highest BCUT2D eigenvalue weighted by Crippen LogP contribution is 2.39. The van der Waals surface area contributed by atoms with Crippen LogP contribution < -0.4 is 5.32 Å². The van der Waals surface area contributed by atoms with Crippen molar-refractivity contribution in [2.45, 2.75) is 50.0 Å². The fourth-order valence-corrected chi connectivity index (χ4v) is 4.38. The third-order valence-electron chi connectivity index (χ3n) is 4.53. The van der Waals surface area contributed by atoms with E-state index in [0.29, 0.717) is 28.2 Å². The number of halogens is 1. The van der Waals surface area contributed by atoms with Gasteiger partial charge in [-0.1, -0.05) is 42.6 Å². The van der Waals surface area contributed by atoms with Crippen molar-refractivity contribution in [3.63, 3.8) is 0 Å². The molecule has 0 atom stereocenters. The Hall–Kier alpha value is -1.46. The molecular weight excluding hydrogens is 344 g/mol. The first-order chi connectivity index (χ1) is 11.6. The Morgan fingerprint density at radius 3 is 2.83 bits per heavy atom. The third-order valence-corrected chi connectivity index (χ3v) is 5.86. The molecule has 0 radical (unpaired) electrons. The lowest BCUT2D eigenvalue weighted by Gasteiger charge is -2.33. The van der Waals surface area contributed by atoms with Gasteiger partial charge in [0.1, 0.15) is 0 Å². The quantitative estimate of drug-likeness (QED) is 0.806. The SMILES string of the molecule is CCN(C(=O)/C=C1/Sc2ccc(Cl)cc2NC1=O)C1CCCCC1. The minimum Gasteiger partial charge on any atom is -0.336 e. The molecule has 1 aromatic rings. The van der Waals surface area contributed by atoms with Crippen LogP contribution >= 0.6 is 23.4 Å². The van der Waals surface area contributed by atoms with Gasteiger partial charge in [0, 0.05) is 28.6 Å². The standard InChI is InChI=1S/C18H21ClN2O2S/c1-2-21(13-6-4-3-5-7-13)17(22)11-16-18(23)20-14-10-12(19)8-9-15(14)24-16/h8-11,13H,2-7H2,1H3,(H,20,23)/b16-11+. The average molecular weight is 365 g/mol. The molecule has 1 saturated carbocycles. The third kappa shape index (κ3) is 3.78. The van der Waals surface area contributed by atoms with Crippen molar-refractivity contribution in [3.05, 3.63) is 34.2 Å². The molecule has 1 aliphatic carbocycles. The molecule has 2 aliphatic rings. The van der Waals surface area contributed by atoms with Crippen molar-refractivity contribution < 1.29 is 9.59 Å². The van der Waals surface area contributed by atoms with Gasteiger partial charge in [0.15, 0.2) is 0 Å². The number of nitrogens with one attached hydrogen (secondary N) is 1. The van der Waals surface area contributed by atoms with Crippen molar-refractivity contribution in [2.24, 2.45) is 0 Å². The summed E-state index contributed by atoms with van der Waals surface area (Å²) in [6.45, 7) is 2.67. The Balaban J connectivity index is 1.78. The lowest BCUT2D eigenvalue weighted by molar-refractivity contribution is -0.129. The zero-order valence-corrected chi connectivity index (χ0v) is 15.3. The summed E-state index contributed by atoms with van der Waals surface area (Å²) < 4.78 is 0. The molecule has 1 fully saturated rings. The molecule has 0 unspecified atom stereocenters. The van der Waals surface area contributed by atoms with Crippen LogP contribution in [-0.2, 0) is 9.59 Å². The first kappa shape index (κ1) is 17.4. The van der Waals surface area contributed by atoms with Crippen LogP contribution in [0.1, 0.15) is 39.0 Å². The number of hydrogen-bond acceptors (Lipinski definition) is 3. The van der Waals surface area contributed by atoms with Crippen LogP contribution in [0.2, 0.25) is 5.02 Å². The lowest BCUT2D eigenvalue weighted by atomic mass is 9.94. The highest BCUT2D eigenvalue weighted by Gasteiger charge is 2.26. The molecule has 4 nitrogen and oxygen atoms in total. The molecule has 1 N–H and O–H groups in total.